The van der Waals surface area contributed by atoms with Crippen LogP contribution in [-0.2, 0) is 18.3 Å². The van der Waals surface area contributed by atoms with Gasteiger partial charge in [0.25, 0.3) is 0 Å². The van der Waals surface area contributed by atoms with Crippen LogP contribution >= 0.6 is 0 Å². The molecule has 0 aliphatic heterocycles. The molecule has 0 aliphatic carbocycles. The van der Waals surface area contributed by atoms with Crippen molar-refractivity contribution >= 4 is 12.0 Å². The summed E-state index contributed by atoms with van der Waals surface area (Å²) < 4.78 is 1.81. The van der Waals surface area contributed by atoms with E-state index in [9.17, 15) is 4.79 Å². The predicted molar refractivity (Wildman–Crippen MR) is 79.4 cm³/mol. The van der Waals surface area contributed by atoms with Crippen molar-refractivity contribution in [3.63, 3.8) is 0 Å². The number of nitrogens with zero attached hydrogens (tertiary/aromatic N) is 4. The maximum atomic E-state index is 11.7. The lowest BCUT2D eigenvalue weighted by Crippen LogP contribution is -2.22. The molecule has 0 saturated carbocycles. The monoisotopic (exact) mass is 288 g/mol. The first-order valence-electron chi connectivity index (χ1n) is 6.88. The summed E-state index contributed by atoms with van der Waals surface area (Å²) in [5.74, 6) is 0.733. The molecule has 0 unspecified atom stereocenters. The van der Waals surface area contributed by atoms with Crippen LogP contribution < -0.4 is 5.32 Å². The van der Waals surface area contributed by atoms with Crippen LogP contribution in [0, 0.1) is 13.8 Å². The Morgan fingerprint density at radius 1 is 1.48 bits per heavy atom. The summed E-state index contributed by atoms with van der Waals surface area (Å²) in [5, 5.41) is 13.7. The highest BCUT2D eigenvalue weighted by Crippen LogP contribution is 2.13. The van der Waals surface area contributed by atoms with E-state index in [1.807, 2.05) is 31.7 Å². The molecule has 2 heterocycles. The average molecular weight is 288 g/mol. The summed E-state index contributed by atoms with van der Waals surface area (Å²) in [6.07, 6.45) is 6.43. The lowest BCUT2D eigenvalue weighted by molar-refractivity contribution is -0.116. The van der Waals surface area contributed by atoms with Crippen LogP contribution in [-0.4, -0.2) is 37.4 Å². The number of aromatic nitrogens is 5. The van der Waals surface area contributed by atoms with Crippen LogP contribution in [0.4, 0.5) is 0 Å². The van der Waals surface area contributed by atoms with E-state index in [2.05, 4.69) is 25.6 Å². The third kappa shape index (κ3) is 4.01. The number of hydrogen-bond donors (Lipinski definition) is 2. The van der Waals surface area contributed by atoms with Gasteiger partial charge < -0.3 is 5.32 Å². The van der Waals surface area contributed by atoms with Gasteiger partial charge in [0.2, 0.25) is 5.91 Å². The van der Waals surface area contributed by atoms with Crippen molar-refractivity contribution in [2.75, 3.05) is 6.54 Å². The van der Waals surface area contributed by atoms with Crippen molar-refractivity contribution in [2.24, 2.45) is 7.05 Å². The molecule has 112 valence electrons. The summed E-state index contributed by atoms with van der Waals surface area (Å²) in [6.45, 7) is 4.52. The van der Waals surface area contributed by atoms with Crippen molar-refractivity contribution in [1.82, 2.24) is 30.3 Å². The number of hydrogen-bond acceptors (Lipinski definition) is 4. The van der Waals surface area contributed by atoms with Gasteiger partial charge in [0, 0.05) is 37.3 Å². The minimum Gasteiger partial charge on any atom is -0.353 e. The zero-order chi connectivity index (χ0) is 15.2. The van der Waals surface area contributed by atoms with Gasteiger partial charge in [-0.1, -0.05) is 0 Å². The number of amides is 1. The Balaban J connectivity index is 1.77. The predicted octanol–water partition coefficient (Wildman–Crippen LogP) is 0.917. The molecular formula is C14H20N6O. The number of aromatic amines is 1. The Morgan fingerprint density at radius 3 is 2.90 bits per heavy atom. The number of rotatable bonds is 6. The van der Waals surface area contributed by atoms with Crippen LogP contribution in [0.2, 0.25) is 0 Å². The molecule has 0 aliphatic rings. The van der Waals surface area contributed by atoms with Gasteiger partial charge >= 0.3 is 0 Å². The molecule has 21 heavy (non-hydrogen) atoms. The van der Waals surface area contributed by atoms with Gasteiger partial charge in [-0.25, -0.2) is 4.98 Å². The number of nitrogens with one attached hydrogen (secondary N) is 2. The molecule has 0 bridgehead atoms. The highest BCUT2D eigenvalue weighted by atomic mass is 16.1. The minimum atomic E-state index is -0.102. The second kappa shape index (κ2) is 6.83. The third-order valence-corrected chi connectivity index (χ3v) is 3.32. The Bertz CT molecular complexity index is 626. The molecule has 2 aromatic rings. The second-order valence-corrected chi connectivity index (χ2v) is 4.87. The van der Waals surface area contributed by atoms with Crippen LogP contribution in [0.5, 0.6) is 0 Å². The molecule has 0 fully saturated rings. The quantitative estimate of drug-likeness (QED) is 0.611. The molecule has 7 heteroatoms. The van der Waals surface area contributed by atoms with Gasteiger partial charge in [0.1, 0.15) is 12.2 Å². The lowest BCUT2D eigenvalue weighted by atomic mass is 10.2. The van der Waals surface area contributed by atoms with Gasteiger partial charge in [-0.3, -0.25) is 14.6 Å². The summed E-state index contributed by atoms with van der Waals surface area (Å²) in [6, 6.07) is 0. The van der Waals surface area contributed by atoms with Crippen molar-refractivity contribution < 1.29 is 4.79 Å². The topological polar surface area (TPSA) is 88.5 Å². The van der Waals surface area contributed by atoms with Crippen molar-refractivity contribution in [3.05, 3.63) is 35.2 Å². The number of carbonyl (C=O) groups is 1. The molecule has 0 atom stereocenters. The Morgan fingerprint density at radius 2 is 2.29 bits per heavy atom. The highest BCUT2D eigenvalue weighted by Gasteiger charge is 2.06. The Hall–Kier alpha value is -2.44. The van der Waals surface area contributed by atoms with E-state index in [4.69, 9.17) is 0 Å². The maximum absolute atomic E-state index is 11.7. The molecule has 0 spiro atoms. The lowest BCUT2D eigenvalue weighted by Gasteiger charge is -2.00. The fourth-order valence-corrected chi connectivity index (χ4v) is 2.07. The summed E-state index contributed by atoms with van der Waals surface area (Å²) >= 11 is 0. The van der Waals surface area contributed by atoms with E-state index in [0.29, 0.717) is 6.54 Å². The van der Waals surface area contributed by atoms with Crippen molar-refractivity contribution in [2.45, 2.75) is 26.7 Å². The first kappa shape index (κ1) is 15.0. The average Bonchev–Trinajstić information content (AvgIpc) is 3.03. The largest absolute Gasteiger partial charge is 0.353 e. The van der Waals surface area contributed by atoms with Crippen LogP contribution in [0.25, 0.3) is 6.08 Å². The number of aryl methyl sites for hydroxylation is 3. The SMILES string of the molecule is Cc1nn(C)c(C)c1C=CC(=O)NCCCc1ncn[nH]1. The van der Waals surface area contributed by atoms with Gasteiger partial charge in [0.15, 0.2) is 0 Å². The zero-order valence-corrected chi connectivity index (χ0v) is 12.6. The number of H-pyrrole nitrogens is 1. The third-order valence-electron chi connectivity index (χ3n) is 3.32. The molecule has 0 aromatic carbocycles. The van der Waals surface area contributed by atoms with Crippen LogP contribution in [0.15, 0.2) is 12.4 Å². The Kier molecular flexibility index (Phi) is 4.86. The van der Waals surface area contributed by atoms with E-state index in [-0.39, 0.29) is 5.91 Å². The van der Waals surface area contributed by atoms with Crippen molar-refractivity contribution in [3.8, 4) is 0 Å². The molecule has 1 amide bonds. The van der Waals surface area contributed by atoms with E-state index in [1.165, 1.54) is 6.33 Å². The standard InChI is InChI=1S/C14H20N6O/c1-10-12(11(2)20(3)19-10)6-7-14(21)15-8-4-5-13-16-9-17-18-13/h6-7,9H,4-5,8H2,1-3H3,(H,15,21)(H,16,17,18). The van der Waals surface area contributed by atoms with E-state index >= 15 is 0 Å². The second-order valence-electron chi connectivity index (χ2n) is 4.87. The normalized spacial score (nSPS) is 11.2. The molecule has 2 rings (SSSR count). The van der Waals surface area contributed by atoms with Gasteiger partial charge in [-0.2, -0.15) is 10.2 Å². The molecule has 0 saturated heterocycles. The van der Waals surface area contributed by atoms with Crippen LogP contribution in [0.3, 0.4) is 0 Å². The molecule has 2 aromatic heterocycles. The van der Waals surface area contributed by atoms with Gasteiger partial charge in [-0.05, 0) is 26.3 Å². The molecular weight excluding hydrogens is 268 g/mol. The molecule has 7 nitrogen and oxygen atoms in total. The minimum absolute atomic E-state index is 0.102. The Labute approximate surface area is 123 Å². The summed E-state index contributed by atoms with van der Waals surface area (Å²) in [4.78, 5) is 15.8. The maximum Gasteiger partial charge on any atom is 0.244 e. The fraction of sp³-hybridized carbons (Fsp3) is 0.429. The summed E-state index contributed by atoms with van der Waals surface area (Å²) in [5.41, 5.74) is 2.96. The fourth-order valence-electron chi connectivity index (χ4n) is 2.07. The highest BCUT2D eigenvalue weighted by molar-refractivity contribution is 5.91. The number of carbonyl (C=O) groups excluding carboxylic acids is 1. The molecule has 2 N–H and O–H groups in total. The van der Waals surface area contributed by atoms with E-state index in [1.54, 1.807) is 6.08 Å². The van der Waals surface area contributed by atoms with Crippen LogP contribution in [0.1, 0.15) is 29.2 Å². The van der Waals surface area contributed by atoms with E-state index in [0.717, 1.165) is 35.6 Å². The van der Waals surface area contributed by atoms with Gasteiger partial charge in [-0.15, -0.1) is 0 Å². The first-order valence-corrected chi connectivity index (χ1v) is 6.88. The van der Waals surface area contributed by atoms with Crippen molar-refractivity contribution in [1.29, 1.82) is 0 Å². The van der Waals surface area contributed by atoms with E-state index < -0.39 is 0 Å². The zero-order valence-electron chi connectivity index (χ0n) is 12.6. The summed E-state index contributed by atoms with van der Waals surface area (Å²) in [7, 11) is 1.89. The first-order chi connectivity index (χ1) is 10.1. The van der Waals surface area contributed by atoms with Gasteiger partial charge in [0.05, 0.1) is 5.69 Å². The molecule has 0 radical (unpaired) electrons. The smallest absolute Gasteiger partial charge is 0.244 e.